The Morgan fingerprint density at radius 3 is 2.56 bits per heavy atom. The minimum absolute atomic E-state index is 0.0857. The topological polar surface area (TPSA) is 43.4 Å². The molecule has 0 bridgehead atoms. The molecule has 0 amide bonds. The van der Waals surface area contributed by atoms with Crippen LogP contribution in [0, 0.1) is 5.92 Å². The van der Waals surface area contributed by atoms with Gasteiger partial charge in [-0.3, -0.25) is 9.59 Å². The summed E-state index contributed by atoms with van der Waals surface area (Å²) in [6.07, 6.45) is 1.50. The van der Waals surface area contributed by atoms with Crippen LogP contribution in [0.4, 0.5) is 0 Å². The maximum Gasteiger partial charge on any atom is 0.303 e. The van der Waals surface area contributed by atoms with Crippen LogP contribution in [0.25, 0.3) is 0 Å². The van der Waals surface area contributed by atoms with Gasteiger partial charge in [0.2, 0.25) is 0 Å². The van der Waals surface area contributed by atoms with Gasteiger partial charge in [0.05, 0.1) is 0 Å². The van der Waals surface area contributed by atoms with Crippen LogP contribution in [0.2, 0.25) is 5.02 Å². The number of hydrogen-bond donors (Lipinski definition) is 0. The molecule has 0 heterocycles. The fourth-order valence-corrected chi connectivity index (χ4v) is 2.50. The van der Waals surface area contributed by atoms with E-state index in [4.69, 9.17) is 16.3 Å². The second-order valence-electron chi connectivity index (χ2n) is 4.62. The van der Waals surface area contributed by atoms with Crippen molar-refractivity contribution in [2.45, 2.75) is 32.3 Å². The third kappa shape index (κ3) is 3.10. The molecule has 0 spiro atoms. The summed E-state index contributed by atoms with van der Waals surface area (Å²) in [4.78, 5) is 22.6. The zero-order valence-electron chi connectivity index (χ0n) is 10.2. The van der Waals surface area contributed by atoms with Crippen LogP contribution in [0.5, 0.6) is 0 Å². The van der Waals surface area contributed by atoms with Crippen LogP contribution in [0.15, 0.2) is 24.3 Å². The first kappa shape index (κ1) is 13.1. The summed E-state index contributed by atoms with van der Waals surface area (Å²) in [6.45, 7) is 1.39. The average Bonchev–Trinajstić information content (AvgIpc) is 2.74. The summed E-state index contributed by atoms with van der Waals surface area (Å²) in [5.41, 5.74) is 0.898. The highest BCUT2D eigenvalue weighted by atomic mass is 35.5. The van der Waals surface area contributed by atoms with Gasteiger partial charge < -0.3 is 4.74 Å². The molecule has 0 aromatic heterocycles. The number of ketones is 1. The van der Waals surface area contributed by atoms with E-state index in [9.17, 15) is 9.59 Å². The average molecular weight is 267 g/mol. The summed E-state index contributed by atoms with van der Waals surface area (Å²) >= 11 is 5.84. The summed E-state index contributed by atoms with van der Waals surface area (Å²) in [5, 5.41) is 0.642. The molecule has 2 rings (SSSR count). The second kappa shape index (κ2) is 5.53. The van der Waals surface area contributed by atoms with Gasteiger partial charge in [0, 0.05) is 30.7 Å². The molecule has 1 aliphatic carbocycles. The molecule has 18 heavy (non-hydrogen) atoms. The number of carbonyl (C=O) groups excluding carboxylic acids is 2. The molecule has 4 heteroatoms. The maximum absolute atomic E-state index is 11.4. The molecule has 1 aliphatic rings. The highest BCUT2D eigenvalue weighted by molar-refractivity contribution is 6.30. The summed E-state index contributed by atoms with van der Waals surface area (Å²) < 4.78 is 5.37. The normalized spacial score (nSPS) is 20.8. The van der Waals surface area contributed by atoms with Crippen molar-refractivity contribution >= 4 is 23.4 Å². The number of halogens is 1. The van der Waals surface area contributed by atoms with Crippen LogP contribution >= 0.6 is 11.6 Å². The standard InChI is InChI=1S/C14H15ClO3/c1-9(16)18-14(11-4-7-13(17)8-11)10-2-5-12(15)6-3-10/h2-3,5-6,11,14H,4,7-8H2,1H3. The van der Waals surface area contributed by atoms with Gasteiger partial charge >= 0.3 is 5.97 Å². The Morgan fingerprint density at radius 1 is 1.39 bits per heavy atom. The van der Waals surface area contributed by atoms with Crippen LogP contribution in [0.3, 0.4) is 0 Å². The van der Waals surface area contributed by atoms with E-state index >= 15 is 0 Å². The number of carbonyl (C=O) groups is 2. The Balaban J connectivity index is 2.21. The number of benzene rings is 1. The summed E-state index contributed by atoms with van der Waals surface area (Å²) in [7, 11) is 0. The monoisotopic (exact) mass is 266 g/mol. The summed E-state index contributed by atoms with van der Waals surface area (Å²) in [6, 6.07) is 7.23. The SMILES string of the molecule is CC(=O)OC(c1ccc(Cl)cc1)C1CCC(=O)C1. The maximum atomic E-state index is 11.4. The van der Waals surface area contributed by atoms with E-state index in [0.717, 1.165) is 12.0 Å². The number of rotatable bonds is 3. The van der Waals surface area contributed by atoms with Gasteiger partial charge in [0.15, 0.2) is 0 Å². The predicted molar refractivity (Wildman–Crippen MR) is 68.3 cm³/mol. The molecule has 0 radical (unpaired) electrons. The minimum atomic E-state index is -0.341. The lowest BCUT2D eigenvalue weighted by Gasteiger charge is -2.23. The van der Waals surface area contributed by atoms with Crippen molar-refractivity contribution in [2.75, 3.05) is 0 Å². The lowest BCUT2D eigenvalue weighted by molar-refractivity contribution is -0.149. The van der Waals surface area contributed by atoms with Crippen molar-refractivity contribution in [3.05, 3.63) is 34.9 Å². The van der Waals surface area contributed by atoms with Gasteiger partial charge in [-0.1, -0.05) is 23.7 Å². The van der Waals surface area contributed by atoms with Crippen LogP contribution < -0.4 is 0 Å². The van der Waals surface area contributed by atoms with E-state index < -0.39 is 0 Å². The molecule has 2 unspecified atom stereocenters. The van der Waals surface area contributed by atoms with Crippen molar-refractivity contribution in [1.82, 2.24) is 0 Å². The first-order chi connectivity index (χ1) is 8.56. The van der Waals surface area contributed by atoms with Crippen LogP contribution in [-0.2, 0) is 14.3 Å². The van der Waals surface area contributed by atoms with Crippen molar-refractivity contribution < 1.29 is 14.3 Å². The number of esters is 1. The van der Waals surface area contributed by atoms with Gasteiger partial charge in [-0.25, -0.2) is 0 Å². The molecule has 3 nitrogen and oxygen atoms in total. The molecular weight excluding hydrogens is 252 g/mol. The third-order valence-electron chi connectivity index (χ3n) is 3.20. The lowest BCUT2D eigenvalue weighted by atomic mass is 9.94. The summed E-state index contributed by atoms with van der Waals surface area (Å²) in [5.74, 6) is 0.00277. The van der Waals surface area contributed by atoms with E-state index in [0.29, 0.717) is 17.9 Å². The molecule has 96 valence electrons. The Labute approximate surface area is 111 Å². The van der Waals surface area contributed by atoms with Gasteiger partial charge in [-0.2, -0.15) is 0 Å². The number of hydrogen-bond acceptors (Lipinski definition) is 3. The Kier molecular flexibility index (Phi) is 4.02. The molecule has 1 aromatic rings. The van der Waals surface area contributed by atoms with Gasteiger partial charge in [0.1, 0.15) is 11.9 Å². The molecule has 0 aliphatic heterocycles. The number of ether oxygens (including phenoxy) is 1. The molecule has 1 saturated carbocycles. The minimum Gasteiger partial charge on any atom is -0.457 e. The van der Waals surface area contributed by atoms with Gasteiger partial charge in [0.25, 0.3) is 0 Å². The van der Waals surface area contributed by atoms with Crippen molar-refractivity contribution in [3.63, 3.8) is 0 Å². The second-order valence-corrected chi connectivity index (χ2v) is 5.06. The zero-order chi connectivity index (χ0) is 13.1. The first-order valence-corrected chi connectivity index (χ1v) is 6.38. The largest absolute Gasteiger partial charge is 0.457 e. The van der Waals surface area contributed by atoms with E-state index in [1.807, 2.05) is 12.1 Å². The fourth-order valence-electron chi connectivity index (χ4n) is 2.37. The lowest BCUT2D eigenvalue weighted by Crippen LogP contribution is -2.17. The highest BCUT2D eigenvalue weighted by Crippen LogP contribution is 2.37. The Morgan fingerprint density at radius 2 is 2.06 bits per heavy atom. The zero-order valence-corrected chi connectivity index (χ0v) is 10.9. The predicted octanol–water partition coefficient (Wildman–Crippen LogP) is 3.31. The fraction of sp³-hybridized carbons (Fsp3) is 0.429. The van der Waals surface area contributed by atoms with E-state index in [1.165, 1.54) is 6.92 Å². The number of Topliss-reactive ketones (excluding diaryl/α,β-unsaturated/α-hetero) is 1. The van der Waals surface area contributed by atoms with E-state index in [1.54, 1.807) is 12.1 Å². The Hall–Kier alpha value is -1.35. The first-order valence-electron chi connectivity index (χ1n) is 6.00. The smallest absolute Gasteiger partial charge is 0.303 e. The van der Waals surface area contributed by atoms with Crippen molar-refractivity contribution in [1.29, 1.82) is 0 Å². The molecule has 2 atom stereocenters. The van der Waals surface area contributed by atoms with E-state index in [2.05, 4.69) is 0 Å². The molecular formula is C14H15ClO3. The quantitative estimate of drug-likeness (QED) is 0.789. The molecule has 1 aromatic carbocycles. The Bertz CT molecular complexity index is 453. The van der Waals surface area contributed by atoms with E-state index in [-0.39, 0.29) is 23.8 Å². The molecule has 0 N–H and O–H groups in total. The van der Waals surface area contributed by atoms with Crippen molar-refractivity contribution in [2.24, 2.45) is 5.92 Å². The van der Waals surface area contributed by atoms with Gasteiger partial charge in [-0.05, 0) is 24.1 Å². The van der Waals surface area contributed by atoms with Crippen LogP contribution in [0.1, 0.15) is 37.9 Å². The highest BCUT2D eigenvalue weighted by Gasteiger charge is 2.32. The van der Waals surface area contributed by atoms with Gasteiger partial charge in [-0.15, -0.1) is 0 Å². The molecule has 0 saturated heterocycles. The third-order valence-corrected chi connectivity index (χ3v) is 3.46. The van der Waals surface area contributed by atoms with Crippen LogP contribution in [-0.4, -0.2) is 11.8 Å². The molecule has 1 fully saturated rings. The van der Waals surface area contributed by atoms with Crippen molar-refractivity contribution in [3.8, 4) is 0 Å².